The third-order valence-electron chi connectivity index (χ3n) is 3.52. The highest BCUT2D eigenvalue weighted by molar-refractivity contribution is 8.00. The highest BCUT2D eigenvalue weighted by atomic mass is 35.5. The molecular weight excluding hydrogens is 378 g/mol. The van der Waals surface area contributed by atoms with E-state index in [1.165, 1.54) is 28.6 Å². The summed E-state index contributed by atoms with van der Waals surface area (Å²) in [5.74, 6) is 6.27. The molecule has 0 unspecified atom stereocenters. The molecule has 0 amide bonds. The Kier molecular flexibility index (Phi) is 5.36. The summed E-state index contributed by atoms with van der Waals surface area (Å²) in [6.07, 6.45) is 1.73. The molecule has 0 spiro atoms. The first kappa shape index (κ1) is 17.8. The molecule has 0 fully saturated rings. The third-order valence-corrected chi connectivity index (χ3v) is 6.73. The molecule has 1 heterocycles. The van der Waals surface area contributed by atoms with E-state index in [0.717, 1.165) is 11.3 Å². The number of nitrogens with two attached hydrogens (primary N) is 1. The lowest BCUT2D eigenvalue weighted by Crippen LogP contribution is -2.11. The standard InChI is InChI=1S/C17H16ClN3O2S2/c18-14-6-8-15(9-7-14)25(22,23)11-10-24-17-20-16(12-21(17)19)13-4-2-1-3-5-13/h1-9,12H,10-11,19H2. The van der Waals surface area contributed by atoms with Crippen LogP contribution in [-0.2, 0) is 9.84 Å². The molecule has 0 aliphatic rings. The smallest absolute Gasteiger partial charge is 0.187 e. The van der Waals surface area contributed by atoms with E-state index >= 15 is 0 Å². The van der Waals surface area contributed by atoms with Crippen LogP contribution in [0.5, 0.6) is 0 Å². The molecule has 1 aromatic heterocycles. The van der Waals surface area contributed by atoms with Gasteiger partial charge in [0.15, 0.2) is 15.0 Å². The van der Waals surface area contributed by atoms with Gasteiger partial charge in [-0.3, -0.25) is 0 Å². The number of imidazole rings is 1. The number of benzene rings is 2. The molecule has 0 radical (unpaired) electrons. The fourth-order valence-corrected chi connectivity index (χ4v) is 4.90. The molecule has 2 N–H and O–H groups in total. The van der Waals surface area contributed by atoms with Crippen molar-refractivity contribution >= 4 is 33.2 Å². The van der Waals surface area contributed by atoms with Crippen molar-refractivity contribution in [3.63, 3.8) is 0 Å². The van der Waals surface area contributed by atoms with Crippen molar-refractivity contribution in [2.45, 2.75) is 10.1 Å². The average molecular weight is 394 g/mol. The summed E-state index contributed by atoms with van der Waals surface area (Å²) in [6, 6.07) is 15.8. The van der Waals surface area contributed by atoms with Crippen molar-refractivity contribution in [3.05, 3.63) is 65.8 Å². The van der Waals surface area contributed by atoms with Crippen LogP contribution in [0.2, 0.25) is 5.02 Å². The van der Waals surface area contributed by atoms with E-state index in [1.807, 2.05) is 30.3 Å². The molecule has 0 aliphatic heterocycles. The summed E-state index contributed by atoms with van der Waals surface area (Å²) in [4.78, 5) is 4.74. The third kappa shape index (κ3) is 4.36. The van der Waals surface area contributed by atoms with Crippen LogP contribution in [0.1, 0.15) is 0 Å². The number of thioether (sulfide) groups is 1. The van der Waals surface area contributed by atoms with Crippen LogP contribution in [0.3, 0.4) is 0 Å². The van der Waals surface area contributed by atoms with Gasteiger partial charge in [-0.2, -0.15) is 0 Å². The molecule has 0 saturated heterocycles. The fourth-order valence-electron chi connectivity index (χ4n) is 2.23. The number of nitrogens with zero attached hydrogens (tertiary/aromatic N) is 2. The summed E-state index contributed by atoms with van der Waals surface area (Å²) in [5, 5.41) is 1.08. The lowest BCUT2D eigenvalue weighted by molar-refractivity contribution is 0.597. The molecule has 25 heavy (non-hydrogen) atoms. The summed E-state index contributed by atoms with van der Waals surface area (Å²) in [7, 11) is -3.36. The molecule has 5 nitrogen and oxygen atoms in total. The van der Waals surface area contributed by atoms with E-state index in [2.05, 4.69) is 4.98 Å². The van der Waals surface area contributed by atoms with E-state index in [1.54, 1.807) is 18.3 Å². The maximum absolute atomic E-state index is 12.3. The Morgan fingerprint density at radius 1 is 1.08 bits per heavy atom. The van der Waals surface area contributed by atoms with Crippen molar-refractivity contribution in [1.82, 2.24) is 9.66 Å². The predicted molar refractivity (Wildman–Crippen MR) is 102 cm³/mol. The number of halogens is 1. The maximum atomic E-state index is 12.3. The van der Waals surface area contributed by atoms with Gasteiger partial charge in [0.1, 0.15) is 0 Å². The second-order valence-corrected chi connectivity index (χ2v) is 8.91. The minimum Gasteiger partial charge on any atom is -0.337 e. The van der Waals surface area contributed by atoms with Crippen LogP contribution >= 0.6 is 23.4 Å². The Hall–Kier alpha value is -1.96. The largest absolute Gasteiger partial charge is 0.337 e. The van der Waals surface area contributed by atoms with Crippen molar-refractivity contribution in [3.8, 4) is 11.3 Å². The van der Waals surface area contributed by atoms with Gasteiger partial charge in [0.05, 0.1) is 22.5 Å². The minimum atomic E-state index is -3.36. The second kappa shape index (κ2) is 7.51. The molecule has 0 saturated carbocycles. The van der Waals surface area contributed by atoms with E-state index in [-0.39, 0.29) is 10.6 Å². The lowest BCUT2D eigenvalue weighted by Gasteiger charge is -2.04. The highest BCUT2D eigenvalue weighted by Gasteiger charge is 2.15. The number of hydrogen-bond donors (Lipinski definition) is 1. The molecule has 3 rings (SSSR count). The fraction of sp³-hybridized carbons (Fsp3) is 0.118. The van der Waals surface area contributed by atoms with E-state index in [4.69, 9.17) is 17.4 Å². The number of hydrogen-bond acceptors (Lipinski definition) is 5. The first-order chi connectivity index (χ1) is 12.0. The van der Waals surface area contributed by atoms with Gasteiger partial charge in [-0.15, -0.1) is 0 Å². The van der Waals surface area contributed by atoms with Crippen LogP contribution in [0.4, 0.5) is 0 Å². The molecular formula is C17H16ClN3O2S2. The number of nitrogen functional groups attached to an aromatic ring is 1. The van der Waals surface area contributed by atoms with Gasteiger partial charge in [0.25, 0.3) is 0 Å². The lowest BCUT2D eigenvalue weighted by atomic mass is 10.2. The first-order valence-electron chi connectivity index (χ1n) is 7.47. The number of aromatic nitrogens is 2. The summed E-state index contributed by atoms with van der Waals surface area (Å²) in [6.45, 7) is 0. The molecule has 8 heteroatoms. The van der Waals surface area contributed by atoms with Crippen LogP contribution in [0.25, 0.3) is 11.3 Å². The summed E-state index contributed by atoms with van der Waals surface area (Å²) < 4.78 is 26.1. The predicted octanol–water partition coefficient (Wildman–Crippen LogP) is 3.48. The minimum absolute atomic E-state index is 0.00711. The zero-order valence-corrected chi connectivity index (χ0v) is 15.6. The topological polar surface area (TPSA) is 78.0 Å². The Labute approximate surface area is 155 Å². The van der Waals surface area contributed by atoms with E-state index in [9.17, 15) is 8.42 Å². The number of rotatable bonds is 6. The SMILES string of the molecule is Nn1cc(-c2ccccc2)nc1SCCS(=O)(=O)c1ccc(Cl)cc1. The van der Waals surface area contributed by atoms with Crippen molar-refractivity contribution in [1.29, 1.82) is 0 Å². The molecule has 3 aromatic rings. The number of sulfone groups is 1. The second-order valence-electron chi connectivity index (χ2n) is 5.30. The van der Waals surface area contributed by atoms with Crippen molar-refractivity contribution in [2.75, 3.05) is 17.3 Å². The van der Waals surface area contributed by atoms with Crippen LogP contribution < -0.4 is 5.84 Å². The quantitative estimate of drug-likeness (QED) is 0.512. The van der Waals surface area contributed by atoms with Crippen LogP contribution in [0, 0.1) is 0 Å². The monoisotopic (exact) mass is 393 g/mol. The average Bonchev–Trinajstić information content (AvgIpc) is 2.97. The molecule has 0 atom stereocenters. The van der Waals surface area contributed by atoms with Crippen molar-refractivity contribution < 1.29 is 8.42 Å². The van der Waals surface area contributed by atoms with Gasteiger partial charge >= 0.3 is 0 Å². The molecule has 130 valence electrons. The van der Waals surface area contributed by atoms with Gasteiger partial charge in [0.2, 0.25) is 0 Å². The molecule has 0 aliphatic carbocycles. The van der Waals surface area contributed by atoms with Crippen molar-refractivity contribution in [2.24, 2.45) is 0 Å². The maximum Gasteiger partial charge on any atom is 0.187 e. The van der Waals surface area contributed by atoms with Gasteiger partial charge in [-0.1, -0.05) is 53.7 Å². The van der Waals surface area contributed by atoms with Crippen LogP contribution in [-0.4, -0.2) is 29.6 Å². The summed E-state index contributed by atoms with van der Waals surface area (Å²) >= 11 is 7.10. The zero-order valence-electron chi connectivity index (χ0n) is 13.2. The van der Waals surface area contributed by atoms with E-state index in [0.29, 0.717) is 15.9 Å². The summed E-state index contributed by atoms with van der Waals surface area (Å²) in [5.41, 5.74) is 1.72. The Balaban J connectivity index is 1.66. The molecule has 0 bridgehead atoms. The van der Waals surface area contributed by atoms with Gasteiger partial charge in [-0.05, 0) is 24.3 Å². The first-order valence-corrected chi connectivity index (χ1v) is 10.5. The Bertz CT molecular complexity index is 955. The Morgan fingerprint density at radius 2 is 1.76 bits per heavy atom. The van der Waals surface area contributed by atoms with Gasteiger partial charge in [-0.25, -0.2) is 18.1 Å². The highest BCUT2D eigenvalue weighted by Crippen LogP contribution is 2.23. The van der Waals surface area contributed by atoms with Gasteiger partial charge < -0.3 is 5.84 Å². The molecule has 2 aromatic carbocycles. The zero-order chi connectivity index (χ0) is 17.9. The normalized spacial score (nSPS) is 11.6. The van der Waals surface area contributed by atoms with Gasteiger partial charge in [0, 0.05) is 16.3 Å². The van der Waals surface area contributed by atoms with Crippen LogP contribution in [0.15, 0.2) is 70.8 Å². The van der Waals surface area contributed by atoms with E-state index < -0.39 is 9.84 Å². The Morgan fingerprint density at radius 3 is 2.44 bits per heavy atom.